The molecule has 11 heteroatoms. The molecule has 2 radical (unpaired) electrons. The monoisotopic (exact) mass is 756 g/mol. The minimum Gasteiger partial charge on any atom is -0.696 e. The minimum absolute atomic E-state index is 0. The Kier molecular flexibility index (Phi) is 21.9. The molecular formula is C34H42N6RuS2Si2. The molecule has 4 heterocycles. The van der Waals surface area contributed by atoms with Crippen LogP contribution in [0.25, 0.3) is 22.8 Å². The maximum absolute atomic E-state index is 7.13. The molecule has 0 unspecified atom stereocenters. The Morgan fingerprint density at radius 1 is 0.511 bits per heavy atom. The van der Waals surface area contributed by atoms with E-state index < -0.39 is 17.6 Å². The molecule has 6 nitrogen and oxygen atoms in total. The van der Waals surface area contributed by atoms with Crippen molar-refractivity contribution in [3.63, 3.8) is 0 Å². The number of pyridine rings is 4. The summed E-state index contributed by atoms with van der Waals surface area (Å²) in [6.07, 6.45) is 7.72. The zero-order valence-corrected chi connectivity index (χ0v) is 32.6. The molecule has 0 aliphatic carbocycles. The Balaban J connectivity index is 0.000000719. The summed E-state index contributed by atoms with van der Waals surface area (Å²) >= 11 is 7.40. The first-order chi connectivity index (χ1) is 21.0. The quantitative estimate of drug-likeness (QED) is 0.105. The molecule has 0 fully saturated rings. The molecule has 4 rings (SSSR count). The molecule has 0 aliphatic rings. The van der Waals surface area contributed by atoms with Crippen LogP contribution in [-0.2, 0) is 44.7 Å². The van der Waals surface area contributed by atoms with E-state index in [0.717, 1.165) is 44.9 Å². The predicted molar refractivity (Wildman–Crippen MR) is 192 cm³/mol. The van der Waals surface area contributed by atoms with E-state index >= 15 is 0 Å². The summed E-state index contributed by atoms with van der Waals surface area (Å²) in [7, 11) is -1.07. The molecule has 4 aromatic heterocycles. The molecule has 0 saturated carbocycles. The van der Waals surface area contributed by atoms with E-state index in [1.165, 1.54) is 21.2 Å². The van der Waals surface area contributed by atoms with E-state index in [1.807, 2.05) is 48.8 Å². The third kappa shape index (κ3) is 14.8. The Morgan fingerprint density at radius 3 is 1.00 bits per heavy atom. The van der Waals surface area contributed by atoms with Crippen LogP contribution in [0.2, 0.25) is 22.2 Å². The van der Waals surface area contributed by atoms with Gasteiger partial charge in [-0.25, -0.2) is 10.5 Å². The first-order valence-corrected chi connectivity index (χ1v) is 18.7. The molecular weight excluding hydrogens is 714 g/mol. The summed E-state index contributed by atoms with van der Waals surface area (Å²) in [5, 5.41) is 19.8. The molecule has 0 bridgehead atoms. The molecule has 0 aliphatic heterocycles. The standard InChI is InChI=1S/2C16H21N2Si.2CHNS.Ru/c2*1-12(2)19(13(3)4)14-8-9-16(18-11-14)15-7-5-6-10-17-15;2*2-1-3;/h2*5-13H,1-4H3;2*3H;/q;;;;+2/p-2. The van der Waals surface area contributed by atoms with Gasteiger partial charge >= 0.3 is 19.5 Å². The van der Waals surface area contributed by atoms with Gasteiger partial charge in [-0.1, -0.05) is 90.5 Å². The summed E-state index contributed by atoms with van der Waals surface area (Å²) in [5.41, 5.74) is 6.71. The summed E-state index contributed by atoms with van der Waals surface area (Å²) in [6, 6.07) is 20.5. The van der Waals surface area contributed by atoms with Crippen molar-refractivity contribution < 1.29 is 19.5 Å². The van der Waals surface area contributed by atoms with E-state index in [2.05, 4.69) is 137 Å². The summed E-state index contributed by atoms with van der Waals surface area (Å²) in [6.45, 7) is 18.6. The van der Waals surface area contributed by atoms with Crippen LogP contribution in [0.4, 0.5) is 0 Å². The van der Waals surface area contributed by atoms with Gasteiger partial charge in [-0.05, 0) is 68.9 Å². The number of aromatic nitrogens is 4. The molecule has 45 heavy (non-hydrogen) atoms. The molecule has 0 atom stereocenters. The molecule has 236 valence electrons. The van der Waals surface area contributed by atoms with Crippen LogP contribution in [0, 0.1) is 21.3 Å². The van der Waals surface area contributed by atoms with Crippen LogP contribution >= 0.6 is 0 Å². The van der Waals surface area contributed by atoms with Crippen molar-refractivity contribution in [3.05, 3.63) is 85.5 Å². The van der Waals surface area contributed by atoms with Crippen LogP contribution in [0.15, 0.2) is 85.5 Å². The SMILES string of the molecule is CC(C)[Si](c1ccc(-c2ccccn2)nc1)C(C)C.CC(C)[Si](c1ccc(-c2ccccn2)nc1)C(C)C.N#C[S-].N#C[S-].[Ru+2]. The zero-order chi connectivity index (χ0) is 33.1. The second-order valence-electron chi connectivity index (χ2n) is 11.0. The first-order valence-electron chi connectivity index (χ1n) is 14.5. The van der Waals surface area contributed by atoms with E-state index in [4.69, 9.17) is 10.5 Å². The van der Waals surface area contributed by atoms with Gasteiger partial charge in [-0.2, -0.15) is 0 Å². The molecule has 0 aromatic carbocycles. The Labute approximate surface area is 298 Å². The minimum atomic E-state index is -0.537. The van der Waals surface area contributed by atoms with E-state index in [-0.39, 0.29) is 19.5 Å². The maximum atomic E-state index is 7.13. The summed E-state index contributed by atoms with van der Waals surface area (Å²) in [5.74, 6) is 0. The molecule has 0 amide bonds. The third-order valence-corrected chi connectivity index (χ3v) is 13.4. The number of rotatable bonds is 8. The summed E-state index contributed by atoms with van der Waals surface area (Å²) < 4.78 is 0. The summed E-state index contributed by atoms with van der Waals surface area (Å²) in [4.78, 5) is 17.9. The number of nitrogens with zero attached hydrogens (tertiary/aromatic N) is 6. The van der Waals surface area contributed by atoms with Crippen molar-refractivity contribution >= 4 is 53.2 Å². The second kappa shape index (κ2) is 23.4. The zero-order valence-electron chi connectivity index (χ0n) is 27.2. The topological polar surface area (TPSA) is 99.1 Å². The number of thiocyanates is 2. The van der Waals surface area contributed by atoms with Gasteiger partial charge in [-0.3, -0.25) is 19.9 Å². The van der Waals surface area contributed by atoms with E-state index in [0.29, 0.717) is 0 Å². The normalized spacial score (nSPS) is 10.0. The van der Waals surface area contributed by atoms with E-state index in [1.54, 1.807) is 0 Å². The van der Waals surface area contributed by atoms with Crippen molar-refractivity contribution in [3.8, 4) is 33.6 Å². The van der Waals surface area contributed by atoms with Gasteiger partial charge in [0.1, 0.15) is 0 Å². The van der Waals surface area contributed by atoms with Gasteiger partial charge in [0.15, 0.2) is 0 Å². The maximum Gasteiger partial charge on any atom is 2.00 e. The fraction of sp³-hybridized carbons (Fsp3) is 0.353. The Bertz CT molecular complexity index is 1290. The van der Waals surface area contributed by atoms with Crippen LogP contribution in [0.5, 0.6) is 0 Å². The van der Waals surface area contributed by atoms with Gasteiger partial charge < -0.3 is 25.3 Å². The smallest absolute Gasteiger partial charge is 0.696 e. The van der Waals surface area contributed by atoms with Gasteiger partial charge in [0, 0.05) is 24.8 Å². The Hall–Kier alpha value is -2.92. The first kappa shape index (κ1) is 42.1. The number of hydrogen-bond acceptors (Lipinski definition) is 8. The average Bonchev–Trinajstić information content (AvgIpc) is 2.99. The fourth-order valence-corrected chi connectivity index (χ4v) is 11.4. The molecule has 0 spiro atoms. The van der Waals surface area contributed by atoms with Crippen molar-refractivity contribution in [1.82, 2.24) is 19.9 Å². The number of nitriles is 2. The van der Waals surface area contributed by atoms with Crippen LogP contribution in [-0.4, -0.2) is 37.5 Å². The van der Waals surface area contributed by atoms with Crippen LogP contribution in [0.3, 0.4) is 0 Å². The largest absolute Gasteiger partial charge is 2.00 e. The fourth-order valence-electron chi connectivity index (χ4n) is 5.13. The van der Waals surface area contributed by atoms with Crippen molar-refractivity contribution in [1.29, 1.82) is 10.5 Å². The van der Waals surface area contributed by atoms with Gasteiger partial charge in [-0.15, -0.1) is 0 Å². The molecule has 0 N–H and O–H groups in total. The number of hydrogen-bond donors (Lipinski definition) is 0. The van der Waals surface area contributed by atoms with Gasteiger partial charge in [0.2, 0.25) is 0 Å². The van der Waals surface area contributed by atoms with E-state index in [9.17, 15) is 0 Å². The molecule has 0 saturated heterocycles. The van der Waals surface area contributed by atoms with Gasteiger partial charge in [0.05, 0.1) is 40.4 Å². The Morgan fingerprint density at radius 2 is 0.800 bits per heavy atom. The van der Waals surface area contributed by atoms with Crippen molar-refractivity contribution in [2.75, 3.05) is 0 Å². The van der Waals surface area contributed by atoms with Gasteiger partial charge in [0.25, 0.3) is 0 Å². The molecule has 4 aromatic rings. The van der Waals surface area contributed by atoms with Crippen molar-refractivity contribution in [2.24, 2.45) is 0 Å². The second-order valence-corrected chi connectivity index (χ2v) is 19.0. The van der Waals surface area contributed by atoms with Crippen LogP contribution in [0.1, 0.15) is 55.4 Å². The van der Waals surface area contributed by atoms with Crippen LogP contribution < -0.4 is 10.4 Å². The third-order valence-electron chi connectivity index (χ3n) is 6.54. The van der Waals surface area contributed by atoms with Crippen molar-refractivity contribution in [2.45, 2.75) is 77.6 Å². The predicted octanol–water partition coefficient (Wildman–Crippen LogP) is 7.36. The average molecular weight is 756 g/mol.